The number of anilines is 1. The molecule has 3 rings (SSSR count). The maximum atomic E-state index is 5.81. The van der Waals surface area contributed by atoms with Crippen LogP contribution in [-0.2, 0) is 6.42 Å². The monoisotopic (exact) mass is 230 g/mol. The molecule has 0 bridgehead atoms. The predicted molar refractivity (Wildman–Crippen MR) is 64.8 cm³/mol. The predicted octanol–water partition coefficient (Wildman–Crippen LogP) is 2.64. The Hall–Kier alpha value is -1.97. The van der Waals surface area contributed by atoms with Crippen LogP contribution in [0, 0.1) is 0 Å². The first-order valence-corrected chi connectivity index (χ1v) is 5.74. The summed E-state index contributed by atoms with van der Waals surface area (Å²) in [7, 11) is 0. The van der Waals surface area contributed by atoms with E-state index >= 15 is 0 Å². The molecule has 4 heteroatoms. The lowest BCUT2D eigenvalue weighted by molar-refractivity contribution is 0.192. The Kier molecular flexibility index (Phi) is 2.28. The van der Waals surface area contributed by atoms with Crippen molar-refractivity contribution in [1.82, 2.24) is 5.16 Å². The number of nitrogens with two attached hydrogens (primary N) is 1. The molecule has 0 radical (unpaired) electrons. The van der Waals surface area contributed by atoms with E-state index in [9.17, 15) is 0 Å². The van der Waals surface area contributed by atoms with Crippen LogP contribution in [0.4, 0.5) is 5.82 Å². The molecule has 1 aromatic heterocycles. The van der Waals surface area contributed by atoms with Crippen LogP contribution in [0.1, 0.15) is 18.9 Å². The molecule has 88 valence electrons. The van der Waals surface area contributed by atoms with Gasteiger partial charge in [-0.25, -0.2) is 0 Å². The van der Waals surface area contributed by atoms with E-state index in [2.05, 4.69) is 18.1 Å². The zero-order valence-electron chi connectivity index (χ0n) is 9.64. The first-order valence-electron chi connectivity index (χ1n) is 5.74. The molecule has 1 aliphatic rings. The molecule has 2 N–H and O–H groups in total. The SMILES string of the molecule is CC1CCc2ccc(-c3cc(N)no3)cc2O1. The summed E-state index contributed by atoms with van der Waals surface area (Å²) in [6, 6.07) is 7.80. The van der Waals surface area contributed by atoms with Crippen LogP contribution in [0.15, 0.2) is 28.8 Å². The molecule has 17 heavy (non-hydrogen) atoms. The fourth-order valence-corrected chi connectivity index (χ4v) is 2.08. The number of nitrogens with zero attached hydrogens (tertiary/aromatic N) is 1. The quantitative estimate of drug-likeness (QED) is 0.818. The van der Waals surface area contributed by atoms with Crippen LogP contribution in [-0.4, -0.2) is 11.3 Å². The van der Waals surface area contributed by atoms with Crippen LogP contribution in [0.3, 0.4) is 0 Å². The second kappa shape index (κ2) is 3.80. The van der Waals surface area contributed by atoms with Gasteiger partial charge in [0, 0.05) is 11.6 Å². The third-order valence-corrected chi connectivity index (χ3v) is 3.03. The normalized spacial score (nSPS) is 18.5. The van der Waals surface area contributed by atoms with Gasteiger partial charge in [0.1, 0.15) is 5.75 Å². The van der Waals surface area contributed by atoms with E-state index in [-0.39, 0.29) is 6.10 Å². The maximum Gasteiger partial charge on any atom is 0.169 e. The van der Waals surface area contributed by atoms with Crippen molar-refractivity contribution in [3.63, 3.8) is 0 Å². The Bertz CT molecular complexity index is 548. The summed E-state index contributed by atoms with van der Waals surface area (Å²) >= 11 is 0. The van der Waals surface area contributed by atoms with E-state index in [1.54, 1.807) is 6.07 Å². The standard InChI is InChI=1S/C13H14N2O2/c1-8-2-3-9-4-5-10(6-11(9)16-8)12-7-13(14)15-17-12/h4-8H,2-3H2,1H3,(H2,14,15). The van der Waals surface area contributed by atoms with Gasteiger partial charge in [-0.15, -0.1) is 0 Å². The molecule has 1 aliphatic heterocycles. The number of hydrogen-bond donors (Lipinski definition) is 1. The lowest BCUT2D eigenvalue weighted by Crippen LogP contribution is -2.18. The Morgan fingerprint density at radius 3 is 3.00 bits per heavy atom. The molecule has 0 spiro atoms. The summed E-state index contributed by atoms with van der Waals surface area (Å²) in [6.45, 7) is 2.09. The number of hydrogen-bond acceptors (Lipinski definition) is 4. The summed E-state index contributed by atoms with van der Waals surface area (Å²) in [5, 5.41) is 3.68. The number of aromatic nitrogens is 1. The van der Waals surface area contributed by atoms with Crippen molar-refractivity contribution in [2.75, 3.05) is 5.73 Å². The summed E-state index contributed by atoms with van der Waals surface area (Å²) in [5.74, 6) is 2.01. The van der Waals surface area contributed by atoms with Gasteiger partial charge in [0.15, 0.2) is 11.6 Å². The van der Waals surface area contributed by atoms with Crippen molar-refractivity contribution in [3.05, 3.63) is 29.8 Å². The minimum atomic E-state index is 0.276. The highest BCUT2D eigenvalue weighted by Crippen LogP contribution is 2.32. The van der Waals surface area contributed by atoms with Crippen LogP contribution >= 0.6 is 0 Å². The van der Waals surface area contributed by atoms with Gasteiger partial charge in [0.05, 0.1) is 6.10 Å². The molecule has 1 aromatic carbocycles. The van der Waals surface area contributed by atoms with Gasteiger partial charge in [0.25, 0.3) is 0 Å². The Morgan fingerprint density at radius 2 is 2.24 bits per heavy atom. The number of rotatable bonds is 1. The van der Waals surface area contributed by atoms with Gasteiger partial charge in [-0.3, -0.25) is 0 Å². The Labute approximate surface area is 99.4 Å². The third kappa shape index (κ3) is 1.86. The van der Waals surface area contributed by atoms with E-state index in [0.717, 1.165) is 24.2 Å². The van der Waals surface area contributed by atoms with E-state index in [4.69, 9.17) is 15.0 Å². The Morgan fingerprint density at radius 1 is 1.35 bits per heavy atom. The molecule has 1 atom stereocenters. The molecule has 0 amide bonds. The summed E-state index contributed by atoms with van der Waals surface area (Å²) < 4.78 is 10.9. The van der Waals surface area contributed by atoms with Gasteiger partial charge in [0.2, 0.25) is 0 Å². The van der Waals surface area contributed by atoms with E-state index in [1.165, 1.54) is 5.56 Å². The van der Waals surface area contributed by atoms with Crippen LogP contribution in [0.25, 0.3) is 11.3 Å². The van der Waals surface area contributed by atoms with E-state index in [0.29, 0.717) is 11.6 Å². The maximum absolute atomic E-state index is 5.81. The summed E-state index contributed by atoms with van der Waals surface area (Å²) in [4.78, 5) is 0. The van der Waals surface area contributed by atoms with E-state index in [1.807, 2.05) is 12.1 Å². The van der Waals surface area contributed by atoms with Gasteiger partial charge in [-0.1, -0.05) is 17.3 Å². The summed E-state index contributed by atoms with van der Waals surface area (Å²) in [6.07, 6.45) is 2.41. The molecule has 0 saturated heterocycles. The van der Waals surface area contributed by atoms with Crippen molar-refractivity contribution >= 4 is 5.82 Å². The highest BCUT2D eigenvalue weighted by molar-refractivity contribution is 5.63. The summed E-state index contributed by atoms with van der Waals surface area (Å²) in [5.41, 5.74) is 7.74. The average Bonchev–Trinajstić information content (AvgIpc) is 2.75. The lowest BCUT2D eigenvalue weighted by Gasteiger charge is -2.23. The zero-order chi connectivity index (χ0) is 11.8. The van der Waals surface area contributed by atoms with Crippen molar-refractivity contribution in [2.24, 2.45) is 0 Å². The van der Waals surface area contributed by atoms with Crippen LogP contribution in [0.2, 0.25) is 0 Å². The third-order valence-electron chi connectivity index (χ3n) is 3.03. The lowest BCUT2D eigenvalue weighted by atomic mass is 10.0. The molecule has 4 nitrogen and oxygen atoms in total. The van der Waals surface area contributed by atoms with Gasteiger partial charge >= 0.3 is 0 Å². The van der Waals surface area contributed by atoms with Crippen molar-refractivity contribution in [3.8, 4) is 17.1 Å². The second-order valence-electron chi connectivity index (χ2n) is 4.41. The fraction of sp³-hybridized carbons (Fsp3) is 0.308. The highest BCUT2D eigenvalue weighted by Gasteiger charge is 2.17. The van der Waals surface area contributed by atoms with Gasteiger partial charge in [-0.05, 0) is 31.4 Å². The molecule has 1 unspecified atom stereocenters. The smallest absolute Gasteiger partial charge is 0.169 e. The number of fused-ring (bicyclic) bond motifs is 1. The first kappa shape index (κ1) is 10.2. The molecule has 0 aliphatic carbocycles. The highest BCUT2D eigenvalue weighted by atomic mass is 16.5. The average molecular weight is 230 g/mol. The zero-order valence-corrected chi connectivity index (χ0v) is 9.64. The first-order chi connectivity index (χ1) is 8.22. The largest absolute Gasteiger partial charge is 0.490 e. The van der Waals surface area contributed by atoms with Crippen molar-refractivity contribution in [1.29, 1.82) is 0 Å². The van der Waals surface area contributed by atoms with Crippen LogP contribution < -0.4 is 10.5 Å². The van der Waals surface area contributed by atoms with E-state index < -0.39 is 0 Å². The molecular formula is C13H14N2O2. The minimum Gasteiger partial charge on any atom is -0.490 e. The minimum absolute atomic E-state index is 0.276. The fourth-order valence-electron chi connectivity index (χ4n) is 2.08. The Balaban J connectivity index is 2.00. The van der Waals surface area contributed by atoms with Crippen molar-refractivity contribution < 1.29 is 9.26 Å². The van der Waals surface area contributed by atoms with Gasteiger partial charge in [-0.2, -0.15) is 0 Å². The number of ether oxygens (including phenoxy) is 1. The molecular weight excluding hydrogens is 216 g/mol. The molecule has 2 aromatic rings. The topological polar surface area (TPSA) is 61.3 Å². The van der Waals surface area contributed by atoms with Crippen molar-refractivity contribution in [2.45, 2.75) is 25.9 Å². The molecule has 0 fully saturated rings. The van der Waals surface area contributed by atoms with Crippen LogP contribution in [0.5, 0.6) is 5.75 Å². The molecule has 2 heterocycles. The number of aryl methyl sites for hydroxylation is 1. The molecule has 0 saturated carbocycles. The second-order valence-corrected chi connectivity index (χ2v) is 4.41. The number of nitrogen functional groups attached to an aromatic ring is 1. The van der Waals surface area contributed by atoms with Gasteiger partial charge < -0.3 is 15.0 Å². The number of benzene rings is 1.